The summed E-state index contributed by atoms with van der Waals surface area (Å²) in [5.41, 5.74) is 0. The summed E-state index contributed by atoms with van der Waals surface area (Å²) in [6.07, 6.45) is 6.87. The van der Waals surface area contributed by atoms with Crippen molar-refractivity contribution in [2.75, 3.05) is 6.26 Å². The fourth-order valence-electron chi connectivity index (χ4n) is 1.79. The molecule has 11 heavy (non-hydrogen) atoms. The zero-order chi connectivity index (χ0) is 8.32. The van der Waals surface area contributed by atoms with Crippen LogP contribution in [0.5, 0.6) is 0 Å². The lowest BCUT2D eigenvalue weighted by molar-refractivity contribution is 0.259. The molecular formula is C9H15NS. The second-order valence-electron chi connectivity index (χ2n) is 3.37. The lowest BCUT2D eigenvalue weighted by Crippen LogP contribution is -2.39. The largest absolute Gasteiger partial charge is 0.197 e. The van der Waals surface area contributed by atoms with Gasteiger partial charge in [0.05, 0.1) is 6.07 Å². The minimum atomic E-state index is -0.000162. The zero-order valence-electron chi connectivity index (χ0n) is 7.26. The molecule has 0 spiro atoms. The molecule has 0 amide bonds. The van der Waals surface area contributed by atoms with Crippen molar-refractivity contribution in [1.29, 1.82) is 5.26 Å². The predicted octanol–water partition coefficient (Wildman–Crippen LogP) is 2.82. The van der Waals surface area contributed by atoms with Gasteiger partial charge >= 0.3 is 0 Å². The monoisotopic (exact) mass is 169 g/mol. The highest BCUT2D eigenvalue weighted by atomic mass is 32.2. The Kier molecular flexibility index (Phi) is 2.84. The Morgan fingerprint density at radius 3 is 2.64 bits per heavy atom. The third-order valence-electron chi connectivity index (χ3n) is 2.53. The van der Waals surface area contributed by atoms with Crippen LogP contribution >= 0.6 is 11.8 Å². The number of nitrogens with zero attached hydrogens (tertiary/aromatic N) is 1. The molecule has 1 nitrogen and oxygen atoms in total. The van der Waals surface area contributed by atoms with Crippen LogP contribution in [0.4, 0.5) is 0 Å². The van der Waals surface area contributed by atoms with Crippen molar-refractivity contribution in [2.24, 2.45) is 5.92 Å². The van der Waals surface area contributed by atoms with E-state index < -0.39 is 0 Å². The highest BCUT2D eigenvalue weighted by Crippen LogP contribution is 2.48. The van der Waals surface area contributed by atoms with Crippen molar-refractivity contribution >= 4 is 11.8 Å². The number of hydrogen-bond donors (Lipinski definition) is 0. The van der Waals surface area contributed by atoms with Gasteiger partial charge in [-0.05, 0) is 25.0 Å². The van der Waals surface area contributed by atoms with Gasteiger partial charge in [-0.1, -0.05) is 19.8 Å². The normalized spacial score (nSPS) is 35.9. The second kappa shape index (κ2) is 3.49. The standard InChI is InChI=1S/C9H15NS/c1-3-4-8-5-9(6-8,7-10)11-2/h8H,3-6H2,1-2H3. The molecule has 0 aromatic rings. The van der Waals surface area contributed by atoms with E-state index in [9.17, 15) is 0 Å². The summed E-state index contributed by atoms with van der Waals surface area (Å²) in [7, 11) is 0. The maximum absolute atomic E-state index is 8.85. The number of nitriles is 1. The van der Waals surface area contributed by atoms with Gasteiger partial charge in [0, 0.05) is 0 Å². The van der Waals surface area contributed by atoms with E-state index in [0.717, 1.165) is 18.8 Å². The Hall–Kier alpha value is -0.160. The Morgan fingerprint density at radius 2 is 2.27 bits per heavy atom. The van der Waals surface area contributed by atoms with Gasteiger partial charge in [0.2, 0.25) is 0 Å². The lowest BCUT2D eigenvalue weighted by atomic mass is 9.73. The number of rotatable bonds is 3. The van der Waals surface area contributed by atoms with Crippen molar-refractivity contribution in [2.45, 2.75) is 37.4 Å². The molecule has 0 bridgehead atoms. The minimum Gasteiger partial charge on any atom is -0.197 e. The molecule has 0 aromatic heterocycles. The molecule has 1 aliphatic rings. The van der Waals surface area contributed by atoms with Crippen molar-refractivity contribution in [1.82, 2.24) is 0 Å². The molecule has 2 heteroatoms. The Morgan fingerprint density at radius 1 is 1.64 bits per heavy atom. The van der Waals surface area contributed by atoms with Crippen molar-refractivity contribution in [3.8, 4) is 6.07 Å². The minimum absolute atomic E-state index is 0.000162. The van der Waals surface area contributed by atoms with Gasteiger partial charge in [-0.15, -0.1) is 11.8 Å². The summed E-state index contributed by atoms with van der Waals surface area (Å²) in [4.78, 5) is 0. The molecule has 1 fully saturated rings. The molecule has 0 heterocycles. The maximum Gasteiger partial charge on any atom is 0.103 e. The van der Waals surface area contributed by atoms with E-state index in [1.807, 2.05) is 6.26 Å². The van der Waals surface area contributed by atoms with Crippen LogP contribution in [0, 0.1) is 17.2 Å². The van der Waals surface area contributed by atoms with Crippen LogP contribution in [-0.4, -0.2) is 11.0 Å². The van der Waals surface area contributed by atoms with Crippen LogP contribution in [0.25, 0.3) is 0 Å². The molecule has 1 saturated carbocycles. The van der Waals surface area contributed by atoms with Gasteiger partial charge in [0.15, 0.2) is 0 Å². The fraction of sp³-hybridized carbons (Fsp3) is 0.889. The zero-order valence-corrected chi connectivity index (χ0v) is 8.08. The quantitative estimate of drug-likeness (QED) is 0.648. The van der Waals surface area contributed by atoms with Crippen molar-refractivity contribution < 1.29 is 0 Å². The van der Waals surface area contributed by atoms with E-state index >= 15 is 0 Å². The molecule has 0 aromatic carbocycles. The first kappa shape index (κ1) is 8.93. The highest BCUT2D eigenvalue weighted by Gasteiger charge is 2.43. The summed E-state index contributed by atoms with van der Waals surface area (Å²) < 4.78 is -0.000162. The van der Waals surface area contributed by atoms with E-state index in [2.05, 4.69) is 13.0 Å². The summed E-state index contributed by atoms with van der Waals surface area (Å²) in [6, 6.07) is 2.42. The van der Waals surface area contributed by atoms with Gasteiger partial charge in [0.1, 0.15) is 4.75 Å². The average Bonchev–Trinajstić information content (AvgIpc) is 1.96. The fourth-order valence-corrected chi connectivity index (χ4v) is 2.68. The van der Waals surface area contributed by atoms with E-state index in [-0.39, 0.29) is 4.75 Å². The lowest BCUT2D eigenvalue weighted by Gasteiger charge is -2.41. The Bertz CT molecular complexity index is 165. The number of thioether (sulfide) groups is 1. The van der Waals surface area contributed by atoms with Crippen molar-refractivity contribution in [3.63, 3.8) is 0 Å². The highest BCUT2D eigenvalue weighted by molar-refractivity contribution is 8.00. The molecule has 0 radical (unpaired) electrons. The maximum atomic E-state index is 8.85. The average molecular weight is 169 g/mol. The van der Waals surface area contributed by atoms with Crippen molar-refractivity contribution in [3.05, 3.63) is 0 Å². The molecule has 1 aliphatic carbocycles. The van der Waals surface area contributed by atoms with Crippen LogP contribution < -0.4 is 0 Å². The molecule has 0 atom stereocenters. The summed E-state index contributed by atoms with van der Waals surface area (Å²) >= 11 is 1.73. The summed E-state index contributed by atoms with van der Waals surface area (Å²) in [6.45, 7) is 2.21. The predicted molar refractivity (Wildman–Crippen MR) is 49.5 cm³/mol. The first-order chi connectivity index (χ1) is 5.26. The summed E-state index contributed by atoms with van der Waals surface area (Å²) in [5, 5.41) is 8.85. The number of hydrogen-bond acceptors (Lipinski definition) is 2. The van der Waals surface area contributed by atoms with Gasteiger partial charge in [-0.25, -0.2) is 0 Å². The van der Waals surface area contributed by atoms with Crippen LogP contribution in [0.15, 0.2) is 0 Å². The topological polar surface area (TPSA) is 23.8 Å². The molecule has 0 N–H and O–H groups in total. The first-order valence-electron chi connectivity index (χ1n) is 4.22. The van der Waals surface area contributed by atoms with Gasteiger partial charge in [0.25, 0.3) is 0 Å². The Balaban J connectivity index is 2.31. The first-order valence-corrected chi connectivity index (χ1v) is 5.45. The van der Waals surface area contributed by atoms with Crippen LogP contribution in [0.3, 0.4) is 0 Å². The third kappa shape index (κ3) is 1.70. The van der Waals surface area contributed by atoms with E-state index in [0.29, 0.717) is 0 Å². The smallest absolute Gasteiger partial charge is 0.103 e. The van der Waals surface area contributed by atoms with Gasteiger partial charge in [-0.2, -0.15) is 5.26 Å². The van der Waals surface area contributed by atoms with Crippen LogP contribution in [0.1, 0.15) is 32.6 Å². The third-order valence-corrected chi connectivity index (χ3v) is 3.73. The molecular weight excluding hydrogens is 154 g/mol. The van der Waals surface area contributed by atoms with Crippen LogP contribution in [0.2, 0.25) is 0 Å². The van der Waals surface area contributed by atoms with E-state index in [4.69, 9.17) is 5.26 Å². The molecule has 0 aliphatic heterocycles. The molecule has 1 rings (SSSR count). The molecule has 62 valence electrons. The van der Waals surface area contributed by atoms with E-state index in [1.165, 1.54) is 12.8 Å². The second-order valence-corrected chi connectivity index (χ2v) is 4.56. The van der Waals surface area contributed by atoms with Gasteiger partial charge in [-0.3, -0.25) is 0 Å². The van der Waals surface area contributed by atoms with Crippen LogP contribution in [-0.2, 0) is 0 Å². The van der Waals surface area contributed by atoms with Gasteiger partial charge < -0.3 is 0 Å². The Labute approximate surface area is 73.2 Å². The van der Waals surface area contributed by atoms with E-state index in [1.54, 1.807) is 11.8 Å². The summed E-state index contributed by atoms with van der Waals surface area (Å²) in [5.74, 6) is 0.840. The SMILES string of the molecule is CCCC1CC(C#N)(SC)C1. The molecule has 0 unspecified atom stereocenters. The molecule has 0 saturated heterocycles.